The van der Waals surface area contributed by atoms with Gasteiger partial charge in [-0.2, -0.15) is 5.10 Å². The van der Waals surface area contributed by atoms with Gasteiger partial charge in [0.1, 0.15) is 5.69 Å². The molecular formula is C23H29N3O3. The van der Waals surface area contributed by atoms with Crippen LogP contribution in [0.25, 0.3) is 0 Å². The van der Waals surface area contributed by atoms with Crippen LogP contribution in [0.1, 0.15) is 72.3 Å². The zero-order chi connectivity index (χ0) is 20.0. The molecular weight excluding hydrogens is 366 g/mol. The van der Waals surface area contributed by atoms with Crippen molar-refractivity contribution in [2.75, 3.05) is 13.1 Å². The van der Waals surface area contributed by atoms with Crippen LogP contribution in [0.2, 0.25) is 0 Å². The largest absolute Gasteiger partial charge is 0.393 e. The number of aryl methyl sites for hydroxylation is 1. The van der Waals surface area contributed by atoms with Gasteiger partial charge in [0.2, 0.25) is 0 Å². The fraction of sp³-hybridized carbons (Fsp3) is 0.565. The highest BCUT2D eigenvalue weighted by Crippen LogP contribution is 2.43. The molecule has 1 spiro atoms. The second-order valence-electron chi connectivity index (χ2n) is 8.94. The van der Waals surface area contributed by atoms with E-state index in [0.29, 0.717) is 37.5 Å². The average Bonchev–Trinajstić information content (AvgIpc) is 3.50. The lowest BCUT2D eigenvalue weighted by atomic mass is 9.81. The van der Waals surface area contributed by atoms with Crippen molar-refractivity contribution in [3.63, 3.8) is 0 Å². The molecule has 29 heavy (non-hydrogen) atoms. The summed E-state index contributed by atoms with van der Waals surface area (Å²) >= 11 is 0. The molecule has 1 N–H and O–H groups in total. The van der Waals surface area contributed by atoms with E-state index in [4.69, 9.17) is 4.74 Å². The van der Waals surface area contributed by atoms with E-state index in [-0.39, 0.29) is 23.7 Å². The fourth-order valence-electron chi connectivity index (χ4n) is 4.90. The van der Waals surface area contributed by atoms with Crippen LogP contribution in [0.4, 0.5) is 0 Å². The third-order valence-electron chi connectivity index (χ3n) is 6.73. The van der Waals surface area contributed by atoms with Gasteiger partial charge in [0.05, 0.1) is 23.5 Å². The van der Waals surface area contributed by atoms with E-state index in [0.717, 1.165) is 24.1 Å². The maximum atomic E-state index is 13.1. The molecule has 3 fully saturated rings. The molecule has 6 nitrogen and oxygen atoms in total. The number of aliphatic hydroxyl groups excluding tert-OH is 1. The number of hydrogen-bond acceptors (Lipinski definition) is 4. The predicted octanol–water partition coefficient (Wildman–Crippen LogP) is 3.18. The van der Waals surface area contributed by atoms with E-state index in [1.54, 1.807) is 4.68 Å². The van der Waals surface area contributed by atoms with E-state index in [2.05, 4.69) is 17.2 Å². The first kappa shape index (κ1) is 18.8. The van der Waals surface area contributed by atoms with E-state index in [9.17, 15) is 9.90 Å². The Morgan fingerprint density at radius 2 is 1.93 bits per heavy atom. The number of ether oxygens (including phenoxy) is 1. The summed E-state index contributed by atoms with van der Waals surface area (Å²) in [6.45, 7) is 1.30. The van der Waals surface area contributed by atoms with Crippen molar-refractivity contribution in [2.24, 2.45) is 7.05 Å². The lowest BCUT2D eigenvalue weighted by Crippen LogP contribution is -2.52. The van der Waals surface area contributed by atoms with E-state index in [1.807, 2.05) is 36.2 Å². The van der Waals surface area contributed by atoms with Gasteiger partial charge in [0, 0.05) is 38.9 Å². The van der Waals surface area contributed by atoms with Gasteiger partial charge in [0.15, 0.2) is 0 Å². The topological polar surface area (TPSA) is 67.6 Å². The monoisotopic (exact) mass is 395 g/mol. The second kappa shape index (κ2) is 7.26. The Balaban J connectivity index is 1.27. The Hall–Kier alpha value is -2.18. The summed E-state index contributed by atoms with van der Waals surface area (Å²) in [6.07, 6.45) is 4.70. The van der Waals surface area contributed by atoms with Gasteiger partial charge in [-0.05, 0) is 37.3 Å². The maximum absolute atomic E-state index is 13.1. The van der Waals surface area contributed by atoms with Crippen molar-refractivity contribution in [3.8, 4) is 0 Å². The molecule has 2 aliphatic heterocycles. The van der Waals surface area contributed by atoms with Crippen molar-refractivity contribution in [1.82, 2.24) is 14.7 Å². The first-order valence-electron chi connectivity index (χ1n) is 10.8. The molecule has 5 rings (SSSR count). The highest BCUT2D eigenvalue weighted by atomic mass is 16.5. The summed E-state index contributed by atoms with van der Waals surface area (Å²) in [5.41, 5.74) is 2.50. The van der Waals surface area contributed by atoms with E-state index < -0.39 is 0 Å². The second-order valence-corrected chi connectivity index (χ2v) is 8.94. The number of hydrogen-bond donors (Lipinski definition) is 1. The molecule has 1 aromatic heterocycles. The van der Waals surface area contributed by atoms with Crippen molar-refractivity contribution >= 4 is 5.91 Å². The van der Waals surface area contributed by atoms with Gasteiger partial charge in [-0.3, -0.25) is 9.48 Å². The number of likely N-dealkylation sites (tertiary alicyclic amines) is 1. The van der Waals surface area contributed by atoms with Crippen LogP contribution < -0.4 is 0 Å². The molecule has 154 valence electrons. The van der Waals surface area contributed by atoms with Crippen molar-refractivity contribution < 1.29 is 14.6 Å². The maximum Gasteiger partial charge on any atom is 0.272 e. The van der Waals surface area contributed by atoms with Crippen LogP contribution in [0, 0.1) is 0 Å². The van der Waals surface area contributed by atoms with Gasteiger partial charge < -0.3 is 14.7 Å². The Bertz CT molecular complexity index is 882. The first-order valence-corrected chi connectivity index (χ1v) is 10.8. The zero-order valence-electron chi connectivity index (χ0n) is 17.0. The minimum absolute atomic E-state index is 0.0534. The highest BCUT2D eigenvalue weighted by molar-refractivity contribution is 5.92. The van der Waals surface area contributed by atoms with Crippen LogP contribution in [0.3, 0.4) is 0 Å². The number of aromatic nitrogens is 2. The Morgan fingerprint density at radius 1 is 1.21 bits per heavy atom. The molecule has 1 amide bonds. The number of amides is 1. The molecule has 1 aliphatic carbocycles. The summed E-state index contributed by atoms with van der Waals surface area (Å²) < 4.78 is 8.29. The van der Waals surface area contributed by atoms with Gasteiger partial charge in [-0.15, -0.1) is 0 Å². The minimum Gasteiger partial charge on any atom is -0.393 e. The summed E-state index contributed by atoms with van der Waals surface area (Å²) in [5, 5.41) is 15.1. The molecule has 2 aromatic rings. The van der Waals surface area contributed by atoms with Crippen LogP contribution in [0.15, 0.2) is 36.4 Å². The number of aliphatic hydroxyl groups is 1. The molecule has 0 radical (unpaired) electrons. The Kier molecular flexibility index (Phi) is 4.71. The molecule has 0 unspecified atom stereocenters. The molecule has 3 aliphatic rings. The zero-order valence-corrected chi connectivity index (χ0v) is 17.0. The molecule has 1 saturated carbocycles. The summed E-state index contributed by atoms with van der Waals surface area (Å²) in [7, 11) is 1.86. The van der Waals surface area contributed by atoms with Crippen LogP contribution in [0.5, 0.6) is 0 Å². The van der Waals surface area contributed by atoms with Gasteiger partial charge in [-0.25, -0.2) is 0 Å². The van der Waals surface area contributed by atoms with Crippen LogP contribution in [-0.2, 0) is 11.8 Å². The van der Waals surface area contributed by atoms with Gasteiger partial charge in [0.25, 0.3) is 5.91 Å². The predicted molar refractivity (Wildman–Crippen MR) is 109 cm³/mol. The number of piperidine rings is 1. The standard InChI is InChI=1S/C23H29N3O3/c1-25-20(14-19(24-25)16-7-8-16)22(28)26-11-9-23(10-12-26)15-18(27)13-21(29-23)17-5-3-2-4-6-17/h2-6,14,16,18,21,27H,7-13,15H2,1H3/t18-,21-/m1/s1. The third-order valence-corrected chi connectivity index (χ3v) is 6.73. The van der Waals surface area contributed by atoms with Crippen molar-refractivity contribution in [2.45, 2.75) is 62.3 Å². The van der Waals surface area contributed by atoms with Gasteiger partial charge in [-0.1, -0.05) is 30.3 Å². The molecule has 2 atom stereocenters. The summed E-state index contributed by atoms with van der Waals surface area (Å²) in [5.74, 6) is 0.595. The first-order chi connectivity index (χ1) is 14.0. The van der Waals surface area contributed by atoms with Crippen LogP contribution in [-0.4, -0.2) is 50.5 Å². The number of carbonyl (C=O) groups is 1. The summed E-state index contributed by atoms with van der Waals surface area (Å²) in [6, 6.07) is 12.1. The number of carbonyl (C=O) groups excluding carboxylic acids is 1. The quantitative estimate of drug-likeness (QED) is 0.867. The normalized spacial score (nSPS) is 26.6. The van der Waals surface area contributed by atoms with E-state index >= 15 is 0 Å². The lowest BCUT2D eigenvalue weighted by Gasteiger charge is -2.48. The minimum atomic E-state index is -0.366. The Labute approximate surface area is 171 Å². The number of rotatable bonds is 3. The fourth-order valence-corrected chi connectivity index (χ4v) is 4.90. The van der Waals surface area contributed by atoms with Crippen LogP contribution >= 0.6 is 0 Å². The van der Waals surface area contributed by atoms with Crippen molar-refractivity contribution in [1.29, 1.82) is 0 Å². The summed E-state index contributed by atoms with van der Waals surface area (Å²) in [4.78, 5) is 15.0. The molecule has 6 heteroatoms. The SMILES string of the molecule is Cn1nc(C2CC2)cc1C(=O)N1CCC2(CC1)C[C@H](O)C[C@H](c1ccccc1)O2. The number of benzene rings is 1. The number of nitrogens with zero attached hydrogens (tertiary/aromatic N) is 3. The smallest absolute Gasteiger partial charge is 0.272 e. The average molecular weight is 396 g/mol. The third kappa shape index (κ3) is 3.71. The van der Waals surface area contributed by atoms with Gasteiger partial charge >= 0.3 is 0 Å². The molecule has 3 heterocycles. The van der Waals surface area contributed by atoms with E-state index in [1.165, 1.54) is 12.8 Å². The molecule has 0 bridgehead atoms. The molecule has 2 saturated heterocycles. The lowest BCUT2D eigenvalue weighted by molar-refractivity contribution is -0.181. The Morgan fingerprint density at radius 3 is 2.62 bits per heavy atom. The molecule has 1 aromatic carbocycles. The van der Waals surface area contributed by atoms with Crippen molar-refractivity contribution in [3.05, 3.63) is 53.3 Å². The highest BCUT2D eigenvalue weighted by Gasteiger charge is 2.44.